The third-order valence-corrected chi connectivity index (χ3v) is 3.36. The summed E-state index contributed by atoms with van der Waals surface area (Å²) < 4.78 is 0. The van der Waals surface area contributed by atoms with Crippen LogP contribution >= 0.6 is 0 Å². The summed E-state index contributed by atoms with van der Waals surface area (Å²) in [6.07, 6.45) is 5.41. The van der Waals surface area contributed by atoms with E-state index in [4.69, 9.17) is 0 Å². The lowest BCUT2D eigenvalue weighted by atomic mass is 10.1. The topological polar surface area (TPSA) is 58.1 Å². The molecule has 18 heavy (non-hydrogen) atoms. The maximum atomic E-state index is 12.3. The van der Waals surface area contributed by atoms with Crippen LogP contribution in [0.25, 0.3) is 0 Å². The van der Waals surface area contributed by atoms with Crippen LogP contribution in [0.4, 0.5) is 5.82 Å². The van der Waals surface area contributed by atoms with Crippen molar-refractivity contribution >= 4 is 11.7 Å². The summed E-state index contributed by atoms with van der Waals surface area (Å²) in [4.78, 5) is 22.5. The van der Waals surface area contributed by atoms with E-state index < -0.39 is 0 Å². The van der Waals surface area contributed by atoms with Crippen LogP contribution in [-0.2, 0) is 0 Å². The van der Waals surface area contributed by atoms with Crippen LogP contribution in [0, 0.1) is 5.92 Å². The van der Waals surface area contributed by atoms with Gasteiger partial charge < -0.3 is 10.2 Å². The van der Waals surface area contributed by atoms with Crippen molar-refractivity contribution in [3.05, 3.63) is 18.1 Å². The molecule has 0 saturated carbocycles. The van der Waals surface area contributed by atoms with Gasteiger partial charge in [0.05, 0.1) is 12.4 Å². The van der Waals surface area contributed by atoms with Gasteiger partial charge in [0.1, 0.15) is 11.5 Å². The first-order valence-electron chi connectivity index (χ1n) is 6.59. The third kappa shape index (κ3) is 2.78. The molecule has 2 rings (SSSR count). The van der Waals surface area contributed by atoms with E-state index in [9.17, 15) is 4.79 Å². The van der Waals surface area contributed by atoms with Gasteiger partial charge in [-0.2, -0.15) is 0 Å². The van der Waals surface area contributed by atoms with E-state index >= 15 is 0 Å². The molecular formula is C13H20N4O. The molecule has 0 aliphatic carbocycles. The zero-order valence-corrected chi connectivity index (χ0v) is 11.0. The molecule has 5 nitrogen and oxygen atoms in total. The zero-order chi connectivity index (χ0) is 13.0. The van der Waals surface area contributed by atoms with E-state index in [-0.39, 0.29) is 5.91 Å². The summed E-state index contributed by atoms with van der Waals surface area (Å²) >= 11 is 0. The van der Waals surface area contributed by atoms with Crippen molar-refractivity contribution in [3.8, 4) is 0 Å². The summed E-state index contributed by atoms with van der Waals surface area (Å²) in [6, 6.07) is 0. The van der Waals surface area contributed by atoms with Crippen LogP contribution in [-0.4, -0.2) is 40.4 Å². The van der Waals surface area contributed by atoms with Gasteiger partial charge in [-0.1, -0.05) is 13.3 Å². The fourth-order valence-electron chi connectivity index (χ4n) is 2.25. The summed E-state index contributed by atoms with van der Waals surface area (Å²) in [5.41, 5.74) is 0.435. The molecule has 1 aromatic heterocycles. The number of carbonyl (C=O) groups is 1. The van der Waals surface area contributed by atoms with Crippen molar-refractivity contribution in [2.45, 2.75) is 26.7 Å². The van der Waals surface area contributed by atoms with Crippen LogP contribution in [0.5, 0.6) is 0 Å². The molecule has 98 valence electrons. The Labute approximate surface area is 108 Å². The highest BCUT2D eigenvalue weighted by Crippen LogP contribution is 2.20. The number of hydrogen-bond acceptors (Lipinski definition) is 4. The van der Waals surface area contributed by atoms with Gasteiger partial charge in [-0.05, 0) is 19.3 Å². The number of carbonyl (C=O) groups excluding carboxylic acids is 1. The highest BCUT2D eigenvalue weighted by atomic mass is 16.2. The van der Waals surface area contributed by atoms with E-state index in [0.29, 0.717) is 17.4 Å². The molecule has 1 saturated heterocycles. The first kappa shape index (κ1) is 12.8. The lowest BCUT2D eigenvalue weighted by Crippen LogP contribution is -2.29. The molecule has 2 heterocycles. The second-order valence-electron chi connectivity index (χ2n) is 4.63. The van der Waals surface area contributed by atoms with Crippen molar-refractivity contribution < 1.29 is 4.79 Å². The minimum atomic E-state index is -0.00166. The van der Waals surface area contributed by atoms with Gasteiger partial charge in [0.25, 0.3) is 5.91 Å². The van der Waals surface area contributed by atoms with Gasteiger partial charge in [-0.25, -0.2) is 4.98 Å². The molecular weight excluding hydrogens is 228 g/mol. The van der Waals surface area contributed by atoms with Gasteiger partial charge in [0, 0.05) is 19.6 Å². The number of hydrogen-bond donors (Lipinski definition) is 1. The Kier molecular flexibility index (Phi) is 4.12. The minimum absolute atomic E-state index is 0.00166. The average Bonchev–Trinajstić information content (AvgIpc) is 2.87. The highest BCUT2D eigenvalue weighted by molar-refractivity contribution is 5.92. The standard InChI is InChI=1S/C13H20N4O/c1-3-10-5-6-17(9-10)13(18)11-7-14-8-12(16-11)15-4-2/h7-8,10H,3-6,9H2,1-2H3,(H,15,16). The maximum Gasteiger partial charge on any atom is 0.274 e. The Morgan fingerprint density at radius 1 is 1.50 bits per heavy atom. The van der Waals surface area contributed by atoms with Gasteiger partial charge in [0.15, 0.2) is 0 Å². The van der Waals surface area contributed by atoms with Crippen molar-refractivity contribution in [2.75, 3.05) is 25.0 Å². The average molecular weight is 248 g/mol. The summed E-state index contributed by atoms with van der Waals surface area (Å²) in [5, 5.41) is 3.07. The third-order valence-electron chi connectivity index (χ3n) is 3.36. The van der Waals surface area contributed by atoms with Gasteiger partial charge >= 0.3 is 0 Å². The molecule has 1 fully saturated rings. The Morgan fingerprint density at radius 2 is 2.33 bits per heavy atom. The molecule has 1 aromatic rings. The molecule has 1 N–H and O–H groups in total. The van der Waals surface area contributed by atoms with E-state index in [1.807, 2.05) is 11.8 Å². The predicted molar refractivity (Wildman–Crippen MR) is 70.5 cm³/mol. The lowest BCUT2D eigenvalue weighted by molar-refractivity contribution is 0.0781. The molecule has 0 radical (unpaired) electrons. The quantitative estimate of drug-likeness (QED) is 0.882. The zero-order valence-electron chi connectivity index (χ0n) is 11.0. The first-order chi connectivity index (χ1) is 8.74. The number of likely N-dealkylation sites (tertiary alicyclic amines) is 1. The number of aromatic nitrogens is 2. The molecule has 0 aromatic carbocycles. The smallest absolute Gasteiger partial charge is 0.274 e. The Morgan fingerprint density at radius 3 is 3.00 bits per heavy atom. The molecule has 0 spiro atoms. The van der Waals surface area contributed by atoms with Crippen molar-refractivity contribution in [3.63, 3.8) is 0 Å². The normalized spacial score (nSPS) is 19.0. The van der Waals surface area contributed by atoms with Gasteiger partial charge in [-0.3, -0.25) is 9.78 Å². The molecule has 1 unspecified atom stereocenters. The molecule has 1 aliphatic heterocycles. The second-order valence-corrected chi connectivity index (χ2v) is 4.63. The van der Waals surface area contributed by atoms with Crippen molar-refractivity contribution in [2.24, 2.45) is 5.92 Å². The van der Waals surface area contributed by atoms with Gasteiger partial charge in [-0.15, -0.1) is 0 Å². The molecule has 0 bridgehead atoms. The van der Waals surface area contributed by atoms with Crippen LogP contribution < -0.4 is 5.32 Å². The van der Waals surface area contributed by atoms with Crippen LogP contribution in [0.1, 0.15) is 37.2 Å². The Bertz CT molecular complexity index is 421. The molecule has 5 heteroatoms. The maximum absolute atomic E-state index is 12.3. The largest absolute Gasteiger partial charge is 0.369 e. The monoisotopic (exact) mass is 248 g/mol. The number of nitrogens with zero attached hydrogens (tertiary/aromatic N) is 3. The van der Waals surface area contributed by atoms with E-state index in [1.165, 1.54) is 0 Å². The second kappa shape index (κ2) is 5.80. The van der Waals surface area contributed by atoms with Gasteiger partial charge in [0.2, 0.25) is 0 Å². The van der Waals surface area contributed by atoms with E-state index in [2.05, 4.69) is 22.2 Å². The molecule has 1 amide bonds. The highest BCUT2D eigenvalue weighted by Gasteiger charge is 2.26. The lowest BCUT2D eigenvalue weighted by Gasteiger charge is -2.15. The molecule has 1 aliphatic rings. The number of rotatable bonds is 4. The first-order valence-corrected chi connectivity index (χ1v) is 6.59. The number of nitrogens with one attached hydrogen (secondary N) is 1. The number of amides is 1. The predicted octanol–water partition coefficient (Wildman–Crippen LogP) is 1.78. The SMILES string of the molecule is CCNc1cncc(C(=O)N2CCC(CC)C2)n1. The summed E-state index contributed by atoms with van der Waals surface area (Å²) in [5.74, 6) is 1.30. The Hall–Kier alpha value is -1.65. The molecule has 1 atom stereocenters. The van der Waals surface area contributed by atoms with Crippen LogP contribution in [0.3, 0.4) is 0 Å². The Balaban J connectivity index is 2.07. The van der Waals surface area contributed by atoms with Crippen molar-refractivity contribution in [1.82, 2.24) is 14.9 Å². The number of anilines is 1. The van der Waals surface area contributed by atoms with Crippen LogP contribution in [0.2, 0.25) is 0 Å². The van der Waals surface area contributed by atoms with Crippen molar-refractivity contribution in [1.29, 1.82) is 0 Å². The van der Waals surface area contributed by atoms with E-state index in [1.54, 1.807) is 12.4 Å². The summed E-state index contributed by atoms with van der Waals surface area (Å²) in [6.45, 7) is 6.62. The fraction of sp³-hybridized carbons (Fsp3) is 0.615. The minimum Gasteiger partial charge on any atom is -0.369 e. The van der Waals surface area contributed by atoms with E-state index in [0.717, 1.165) is 32.5 Å². The summed E-state index contributed by atoms with van der Waals surface area (Å²) in [7, 11) is 0. The fourth-order valence-corrected chi connectivity index (χ4v) is 2.25. The van der Waals surface area contributed by atoms with Crippen LogP contribution in [0.15, 0.2) is 12.4 Å².